The highest BCUT2D eigenvalue weighted by molar-refractivity contribution is 5.79. The molecule has 0 unspecified atom stereocenters. The van der Waals surface area contributed by atoms with Crippen LogP contribution < -0.4 is 10.6 Å². The van der Waals surface area contributed by atoms with E-state index in [-0.39, 0.29) is 0 Å². The largest absolute Gasteiger partial charge is 0.469 e. The van der Waals surface area contributed by atoms with Gasteiger partial charge in [-0.15, -0.1) is 0 Å². The predicted molar refractivity (Wildman–Crippen MR) is 110 cm³/mol. The van der Waals surface area contributed by atoms with E-state index in [9.17, 15) is 0 Å². The van der Waals surface area contributed by atoms with E-state index in [1.165, 1.54) is 5.69 Å². The zero-order valence-electron chi connectivity index (χ0n) is 16.8. The number of rotatable bonds is 10. The molecule has 0 amide bonds. The Bertz CT molecular complexity index is 691. The molecule has 0 saturated carbocycles. The molecule has 2 aromatic heterocycles. The summed E-state index contributed by atoms with van der Waals surface area (Å²) in [7, 11) is 1.97. The Hall–Kier alpha value is -2.32. The van der Waals surface area contributed by atoms with Crippen molar-refractivity contribution in [3.05, 3.63) is 42.1 Å². The maximum atomic E-state index is 5.40. The van der Waals surface area contributed by atoms with Gasteiger partial charge in [-0.3, -0.25) is 14.6 Å². The summed E-state index contributed by atoms with van der Waals surface area (Å²) >= 11 is 0. The van der Waals surface area contributed by atoms with Crippen LogP contribution in [0.15, 0.2) is 40.1 Å². The molecule has 154 valence electrons. The fourth-order valence-electron chi connectivity index (χ4n) is 3.20. The predicted octanol–water partition coefficient (Wildman–Crippen LogP) is 1.06. The van der Waals surface area contributed by atoms with Gasteiger partial charge in [0.05, 0.1) is 19.5 Å². The molecule has 2 N–H and O–H groups in total. The molecule has 3 rings (SSSR count). The highest BCUT2D eigenvalue weighted by atomic mass is 16.5. The van der Waals surface area contributed by atoms with E-state index in [2.05, 4.69) is 20.6 Å². The molecule has 0 spiro atoms. The van der Waals surface area contributed by atoms with Crippen molar-refractivity contribution < 1.29 is 9.15 Å². The van der Waals surface area contributed by atoms with Crippen molar-refractivity contribution >= 4 is 5.96 Å². The van der Waals surface area contributed by atoms with Gasteiger partial charge in [0, 0.05) is 71.0 Å². The number of aryl methyl sites for hydroxylation is 1. The van der Waals surface area contributed by atoms with E-state index in [0.717, 1.165) is 83.5 Å². The molecular weight excluding hydrogens is 356 g/mol. The Morgan fingerprint density at radius 3 is 2.71 bits per heavy atom. The SMILES string of the molecule is Cn1nccc1CCNC(=NCCCN1CCOCC1)NCCc1ccco1. The smallest absolute Gasteiger partial charge is 0.191 e. The van der Waals surface area contributed by atoms with E-state index in [1.54, 1.807) is 6.26 Å². The average molecular weight is 389 g/mol. The number of hydrogen-bond acceptors (Lipinski definition) is 5. The van der Waals surface area contributed by atoms with Crippen LogP contribution in [0.5, 0.6) is 0 Å². The van der Waals surface area contributed by atoms with Crippen molar-refractivity contribution in [2.45, 2.75) is 19.3 Å². The van der Waals surface area contributed by atoms with Crippen LogP contribution in [0.4, 0.5) is 0 Å². The Balaban J connectivity index is 1.42. The lowest BCUT2D eigenvalue weighted by Gasteiger charge is -2.26. The zero-order valence-corrected chi connectivity index (χ0v) is 16.8. The van der Waals surface area contributed by atoms with Crippen molar-refractivity contribution in [3.63, 3.8) is 0 Å². The lowest BCUT2D eigenvalue weighted by molar-refractivity contribution is 0.0377. The topological polar surface area (TPSA) is 79.9 Å². The molecule has 1 fully saturated rings. The van der Waals surface area contributed by atoms with Crippen LogP contribution in [0, 0.1) is 0 Å². The molecular formula is C20H32N6O2. The van der Waals surface area contributed by atoms with Crippen LogP contribution in [0.3, 0.4) is 0 Å². The van der Waals surface area contributed by atoms with E-state index in [1.807, 2.05) is 36.1 Å². The van der Waals surface area contributed by atoms with Gasteiger partial charge in [-0.1, -0.05) is 0 Å². The first-order valence-electron chi connectivity index (χ1n) is 10.1. The molecule has 8 heteroatoms. The minimum absolute atomic E-state index is 0.786. The van der Waals surface area contributed by atoms with E-state index in [0.29, 0.717) is 0 Å². The number of nitrogens with one attached hydrogen (secondary N) is 2. The number of furan rings is 1. The first-order chi connectivity index (χ1) is 13.8. The van der Waals surface area contributed by atoms with Gasteiger partial charge in [-0.2, -0.15) is 5.10 Å². The quantitative estimate of drug-likeness (QED) is 0.360. The van der Waals surface area contributed by atoms with Gasteiger partial charge in [-0.05, 0) is 24.6 Å². The van der Waals surface area contributed by atoms with Crippen LogP contribution in [-0.2, 0) is 24.6 Å². The highest BCUT2D eigenvalue weighted by Gasteiger charge is 2.09. The fourth-order valence-corrected chi connectivity index (χ4v) is 3.20. The minimum atomic E-state index is 0.786. The molecule has 0 atom stereocenters. The summed E-state index contributed by atoms with van der Waals surface area (Å²) in [6, 6.07) is 5.96. The number of hydrogen-bond donors (Lipinski definition) is 2. The normalized spacial score (nSPS) is 15.7. The van der Waals surface area contributed by atoms with Crippen LogP contribution >= 0.6 is 0 Å². The van der Waals surface area contributed by atoms with Crippen LogP contribution in [0.2, 0.25) is 0 Å². The van der Waals surface area contributed by atoms with Crippen molar-refractivity contribution in [2.24, 2.45) is 12.0 Å². The van der Waals surface area contributed by atoms with Crippen molar-refractivity contribution in [1.82, 2.24) is 25.3 Å². The van der Waals surface area contributed by atoms with Crippen LogP contribution in [0.25, 0.3) is 0 Å². The summed E-state index contributed by atoms with van der Waals surface area (Å²) in [6.45, 7) is 7.23. The molecule has 1 aliphatic heterocycles. The first-order valence-corrected chi connectivity index (χ1v) is 10.1. The minimum Gasteiger partial charge on any atom is -0.469 e. The molecule has 1 saturated heterocycles. The molecule has 1 aliphatic rings. The van der Waals surface area contributed by atoms with Crippen LogP contribution in [0.1, 0.15) is 17.9 Å². The van der Waals surface area contributed by atoms with Gasteiger partial charge in [0.2, 0.25) is 0 Å². The maximum absolute atomic E-state index is 5.40. The zero-order chi connectivity index (χ0) is 19.4. The third-order valence-electron chi connectivity index (χ3n) is 4.85. The molecule has 3 heterocycles. The van der Waals surface area contributed by atoms with Crippen LogP contribution in [-0.4, -0.2) is 73.1 Å². The highest BCUT2D eigenvalue weighted by Crippen LogP contribution is 2.00. The monoisotopic (exact) mass is 388 g/mol. The van der Waals surface area contributed by atoms with Crippen molar-refractivity contribution in [3.8, 4) is 0 Å². The summed E-state index contributed by atoms with van der Waals surface area (Å²) in [6.07, 6.45) is 6.33. The van der Waals surface area contributed by atoms with Gasteiger partial charge in [-0.25, -0.2) is 0 Å². The van der Waals surface area contributed by atoms with E-state index in [4.69, 9.17) is 14.1 Å². The lowest BCUT2D eigenvalue weighted by atomic mass is 10.3. The Morgan fingerprint density at radius 2 is 2.00 bits per heavy atom. The number of aliphatic imine (C=N–C) groups is 1. The second kappa shape index (κ2) is 11.5. The van der Waals surface area contributed by atoms with Gasteiger partial charge < -0.3 is 19.8 Å². The summed E-state index contributed by atoms with van der Waals surface area (Å²) in [5.74, 6) is 1.84. The molecule has 8 nitrogen and oxygen atoms in total. The molecule has 0 aromatic carbocycles. The van der Waals surface area contributed by atoms with E-state index >= 15 is 0 Å². The maximum Gasteiger partial charge on any atom is 0.191 e. The first kappa shape index (κ1) is 20.4. The lowest BCUT2D eigenvalue weighted by Crippen LogP contribution is -2.40. The third-order valence-corrected chi connectivity index (χ3v) is 4.85. The number of nitrogens with zero attached hydrogens (tertiary/aromatic N) is 4. The Morgan fingerprint density at radius 1 is 1.18 bits per heavy atom. The molecule has 0 bridgehead atoms. The Labute approximate surface area is 166 Å². The summed E-state index contributed by atoms with van der Waals surface area (Å²) in [5, 5.41) is 11.1. The number of aromatic nitrogens is 2. The third kappa shape index (κ3) is 7.01. The van der Waals surface area contributed by atoms with Gasteiger partial charge >= 0.3 is 0 Å². The van der Waals surface area contributed by atoms with Gasteiger partial charge in [0.15, 0.2) is 5.96 Å². The second-order valence-electron chi connectivity index (χ2n) is 6.92. The van der Waals surface area contributed by atoms with Crippen molar-refractivity contribution in [2.75, 3.05) is 52.5 Å². The molecule has 0 aliphatic carbocycles. The molecule has 0 radical (unpaired) electrons. The van der Waals surface area contributed by atoms with Gasteiger partial charge in [0.1, 0.15) is 5.76 Å². The Kier molecular flexibility index (Phi) is 8.39. The molecule has 2 aromatic rings. The average Bonchev–Trinajstić information content (AvgIpc) is 3.37. The molecule has 28 heavy (non-hydrogen) atoms. The standard InChI is InChI=1S/C20H32N6O2/c1-25-18(6-11-24-25)5-9-22-20(23-10-7-19-4-2-15-28-19)21-8-3-12-26-13-16-27-17-14-26/h2,4,6,11,15H,3,5,7-10,12-14,16-17H2,1H3,(H2,21,22,23). The fraction of sp³-hybridized carbons (Fsp3) is 0.600. The summed E-state index contributed by atoms with van der Waals surface area (Å²) < 4.78 is 12.7. The van der Waals surface area contributed by atoms with Gasteiger partial charge in [0.25, 0.3) is 0 Å². The number of morpholine rings is 1. The summed E-state index contributed by atoms with van der Waals surface area (Å²) in [5.41, 5.74) is 1.20. The van der Waals surface area contributed by atoms with E-state index < -0.39 is 0 Å². The van der Waals surface area contributed by atoms with Crippen molar-refractivity contribution in [1.29, 1.82) is 0 Å². The number of guanidine groups is 1. The summed E-state index contributed by atoms with van der Waals surface area (Å²) in [4.78, 5) is 7.20. The number of ether oxygens (including phenoxy) is 1. The second-order valence-corrected chi connectivity index (χ2v) is 6.92.